The molecule has 142 valence electrons. The average Bonchev–Trinajstić information content (AvgIpc) is 3.08. The molecule has 3 rings (SSSR count). The number of anilines is 1. The number of likely N-dealkylation sites (tertiary alicyclic amines) is 1. The Kier molecular flexibility index (Phi) is 6.64. The summed E-state index contributed by atoms with van der Waals surface area (Å²) in [6, 6.07) is 19.7. The van der Waals surface area contributed by atoms with E-state index in [4.69, 9.17) is 0 Å². The number of benzene rings is 2. The van der Waals surface area contributed by atoms with Crippen LogP contribution in [-0.4, -0.2) is 29.8 Å². The van der Waals surface area contributed by atoms with Crippen LogP contribution >= 0.6 is 0 Å². The molecule has 2 amide bonds. The van der Waals surface area contributed by atoms with E-state index < -0.39 is 0 Å². The number of unbranched alkanes of at least 4 members (excludes halogenated alkanes) is 2. The Balaban J connectivity index is 1.74. The van der Waals surface area contributed by atoms with Crippen LogP contribution in [0.2, 0.25) is 0 Å². The van der Waals surface area contributed by atoms with Crippen molar-refractivity contribution in [2.24, 2.45) is 5.92 Å². The minimum Gasteiger partial charge on any atom is -0.342 e. The van der Waals surface area contributed by atoms with Gasteiger partial charge in [0.05, 0.1) is 12.5 Å². The van der Waals surface area contributed by atoms with Gasteiger partial charge in [-0.3, -0.25) is 9.59 Å². The molecular formula is C23H28N2O2. The van der Waals surface area contributed by atoms with Gasteiger partial charge in [-0.2, -0.15) is 0 Å². The standard InChI is InChI=1S/C23H28N2O2/c1-2-3-10-15-24-18-20(16-22(24)26)23(27)25(21-13-8-5-9-14-21)17-19-11-6-4-7-12-19/h4-9,11-14,20H,2-3,10,15-18H2,1H3. The molecule has 27 heavy (non-hydrogen) atoms. The lowest BCUT2D eigenvalue weighted by Crippen LogP contribution is -2.37. The lowest BCUT2D eigenvalue weighted by Gasteiger charge is -2.26. The summed E-state index contributed by atoms with van der Waals surface area (Å²) in [6.07, 6.45) is 3.58. The number of hydrogen-bond acceptors (Lipinski definition) is 2. The minimum atomic E-state index is -0.261. The Morgan fingerprint density at radius 3 is 2.37 bits per heavy atom. The first-order chi connectivity index (χ1) is 13.2. The van der Waals surface area contributed by atoms with Crippen LogP contribution in [0.4, 0.5) is 5.69 Å². The van der Waals surface area contributed by atoms with Crippen LogP contribution in [0.25, 0.3) is 0 Å². The molecule has 0 bridgehead atoms. The summed E-state index contributed by atoms with van der Waals surface area (Å²) in [5, 5.41) is 0. The van der Waals surface area contributed by atoms with E-state index in [2.05, 4.69) is 6.92 Å². The quantitative estimate of drug-likeness (QED) is 0.657. The number of hydrogen-bond donors (Lipinski definition) is 0. The predicted octanol–water partition coefficient (Wildman–Crippen LogP) is 4.26. The van der Waals surface area contributed by atoms with Crippen LogP contribution in [0.3, 0.4) is 0 Å². The average molecular weight is 364 g/mol. The van der Waals surface area contributed by atoms with Gasteiger partial charge in [-0.05, 0) is 24.1 Å². The van der Waals surface area contributed by atoms with Crippen molar-refractivity contribution in [1.82, 2.24) is 4.90 Å². The second-order valence-electron chi connectivity index (χ2n) is 7.19. The molecule has 4 heteroatoms. The highest BCUT2D eigenvalue weighted by atomic mass is 16.2. The SMILES string of the molecule is CCCCCN1CC(C(=O)N(Cc2ccccc2)c2ccccc2)CC1=O. The van der Waals surface area contributed by atoms with Crippen molar-refractivity contribution in [3.63, 3.8) is 0 Å². The molecule has 1 saturated heterocycles. The molecule has 2 aromatic rings. The second kappa shape index (κ2) is 9.36. The van der Waals surface area contributed by atoms with Crippen LogP contribution < -0.4 is 4.90 Å². The van der Waals surface area contributed by atoms with Gasteiger partial charge in [-0.1, -0.05) is 68.3 Å². The molecule has 0 saturated carbocycles. The summed E-state index contributed by atoms with van der Waals surface area (Å²) in [5.41, 5.74) is 1.96. The monoisotopic (exact) mass is 364 g/mol. The van der Waals surface area contributed by atoms with Gasteiger partial charge in [0.15, 0.2) is 0 Å². The first-order valence-electron chi connectivity index (χ1n) is 9.87. The summed E-state index contributed by atoms with van der Waals surface area (Å²) in [6.45, 7) is 3.98. The van der Waals surface area contributed by atoms with Crippen molar-refractivity contribution < 1.29 is 9.59 Å². The molecule has 0 spiro atoms. The lowest BCUT2D eigenvalue weighted by molar-refractivity contribution is -0.128. The van der Waals surface area contributed by atoms with Crippen molar-refractivity contribution in [1.29, 1.82) is 0 Å². The van der Waals surface area contributed by atoms with Gasteiger partial charge in [-0.25, -0.2) is 0 Å². The van der Waals surface area contributed by atoms with Gasteiger partial charge in [0.1, 0.15) is 0 Å². The van der Waals surface area contributed by atoms with Crippen LogP contribution in [0.5, 0.6) is 0 Å². The van der Waals surface area contributed by atoms with Crippen molar-refractivity contribution in [3.8, 4) is 0 Å². The molecule has 4 nitrogen and oxygen atoms in total. The molecule has 1 atom stereocenters. The Morgan fingerprint density at radius 2 is 1.70 bits per heavy atom. The summed E-state index contributed by atoms with van der Waals surface area (Å²) < 4.78 is 0. The molecule has 1 aliphatic rings. The van der Waals surface area contributed by atoms with Crippen molar-refractivity contribution in [2.75, 3.05) is 18.0 Å². The number of rotatable bonds is 8. The van der Waals surface area contributed by atoms with E-state index in [1.54, 1.807) is 0 Å². The highest BCUT2D eigenvalue weighted by Crippen LogP contribution is 2.25. The zero-order valence-corrected chi connectivity index (χ0v) is 16.0. The van der Waals surface area contributed by atoms with Crippen LogP contribution in [0, 0.1) is 5.92 Å². The van der Waals surface area contributed by atoms with Gasteiger partial charge in [0.2, 0.25) is 11.8 Å². The number of para-hydroxylation sites is 1. The largest absolute Gasteiger partial charge is 0.342 e. The maximum atomic E-state index is 13.3. The fourth-order valence-corrected chi connectivity index (χ4v) is 3.60. The van der Waals surface area contributed by atoms with Gasteiger partial charge < -0.3 is 9.80 Å². The highest BCUT2D eigenvalue weighted by Gasteiger charge is 2.36. The molecule has 2 aromatic carbocycles. The molecule has 0 aliphatic carbocycles. The summed E-state index contributed by atoms with van der Waals surface area (Å²) in [4.78, 5) is 29.4. The second-order valence-corrected chi connectivity index (χ2v) is 7.19. The maximum absolute atomic E-state index is 13.3. The zero-order chi connectivity index (χ0) is 19.1. The van der Waals surface area contributed by atoms with Crippen LogP contribution in [-0.2, 0) is 16.1 Å². The van der Waals surface area contributed by atoms with Crippen molar-refractivity contribution in [3.05, 3.63) is 66.2 Å². The third-order valence-corrected chi connectivity index (χ3v) is 5.11. The lowest BCUT2D eigenvalue weighted by atomic mass is 10.1. The number of amides is 2. The Morgan fingerprint density at radius 1 is 1.04 bits per heavy atom. The zero-order valence-electron chi connectivity index (χ0n) is 16.0. The molecular weight excluding hydrogens is 336 g/mol. The van der Waals surface area contributed by atoms with E-state index in [-0.39, 0.29) is 17.7 Å². The Labute approximate surface area is 161 Å². The molecule has 0 N–H and O–H groups in total. The summed E-state index contributed by atoms with van der Waals surface area (Å²) >= 11 is 0. The third-order valence-electron chi connectivity index (χ3n) is 5.11. The fraction of sp³-hybridized carbons (Fsp3) is 0.391. The van der Waals surface area contributed by atoms with E-state index in [1.165, 1.54) is 0 Å². The smallest absolute Gasteiger partial charge is 0.232 e. The van der Waals surface area contributed by atoms with E-state index in [0.29, 0.717) is 19.5 Å². The van der Waals surface area contributed by atoms with Gasteiger partial charge in [0, 0.05) is 25.2 Å². The first-order valence-corrected chi connectivity index (χ1v) is 9.87. The fourth-order valence-electron chi connectivity index (χ4n) is 3.60. The molecule has 0 aromatic heterocycles. The van der Waals surface area contributed by atoms with Crippen molar-refractivity contribution >= 4 is 17.5 Å². The molecule has 1 aliphatic heterocycles. The topological polar surface area (TPSA) is 40.6 Å². The minimum absolute atomic E-state index is 0.0383. The van der Waals surface area contributed by atoms with E-state index >= 15 is 0 Å². The number of carbonyl (C=O) groups is 2. The van der Waals surface area contributed by atoms with Gasteiger partial charge in [-0.15, -0.1) is 0 Å². The molecule has 1 unspecified atom stereocenters. The summed E-state index contributed by atoms with van der Waals surface area (Å²) in [7, 11) is 0. The molecule has 1 heterocycles. The van der Waals surface area contributed by atoms with Crippen LogP contribution in [0.15, 0.2) is 60.7 Å². The molecule has 0 radical (unpaired) electrons. The third kappa shape index (κ3) is 4.97. The van der Waals surface area contributed by atoms with Crippen molar-refractivity contribution in [2.45, 2.75) is 39.2 Å². The predicted molar refractivity (Wildman–Crippen MR) is 108 cm³/mol. The van der Waals surface area contributed by atoms with Gasteiger partial charge in [0.25, 0.3) is 0 Å². The first kappa shape index (κ1) is 19.2. The number of carbonyl (C=O) groups excluding carboxylic acids is 2. The van der Waals surface area contributed by atoms with Gasteiger partial charge >= 0.3 is 0 Å². The Bertz CT molecular complexity index is 745. The normalized spacial score (nSPS) is 16.6. The highest BCUT2D eigenvalue weighted by molar-refractivity contribution is 5.99. The number of nitrogens with zero attached hydrogens (tertiary/aromatic N) is 2. The van der Waals surface area contributed by atoms with Crippen LogP contribution in [0.1, 0.15) is 38.2 Å². The van der Waals surface area contributed by atoms with E-state index in [9.17, 15) is 9.59 Å². The molecule has 1 fully saturated rings. The van der Waals surface area contributed by atoms with E-state index in [0.717, 1.165) is 37.1 Å². The summed E-state index contributed by atoms with van der Waals surface area (Å²) in [5.74, 6) is -0.114. The van der Waals surface area contributed by atoms with E-state index in [1.807, 2.05) is 70.5 Å². The maximum Gasteiger partial charge on any atom is 0.232 e. The Hall–Kier alpha value is -2.62.